The molecule has 0 spiro atoms. The Bertz CT molecular complexity index is 323. The first-order chi connectivity index (χ1) is 8.33. The van der Waals surface area contributed by atoms with E-state index in [0.29, 0.717) is 0 Å². The molecule has 2 nitrogen and oxygen atoms in total. The highest BCUT2D eigenvalue weighted by Crippen LogP contribution is 2.36. The lowest BCUT2D eigenvalue weighted by molar-refractivity contribution is 0.0670. The van der Waals surface area contributed by atoms with Crippen molar-refractivity contribution in [1.29, 1.82) is 0 Å². The van der Waals surface area contributed by atoms with Gasteiger partial charge in [0.25, 0.3) is 0 Å². The first kappa shape index (κ1) is 12.6. The maximum Gasteiger partial charge on any atom is 0.0637 e. The molecule has 0 bridgehead atoms. The molecule has 2 N–H and O–H groups in total. The zero-order chi connectivity index (χ0) is 12.1. The third kappa shape index (κ3) is 3.08. The second kappa shape index (κ2) is 6.18. The molecule has 94 valence electrons. The molecule has 0 heterocycles. The van der Waals surface area contributed by atoms with Gasteiger partial charge in [0.2, 0.25) is 0 Å². The van der Waals surface area contributed by atoms with E-state index in [1.54, 1.807) is 0 Å². The minimum Gasteiger partial charge on any atom is -0.396 e. The van der Waals surface area contributed by atoms with Gasteiger partial charge in [0.1, 0.15) is 0 Å². The fourth-order valence-electron chi connectivity index (χ4n) is 2.99. The van der Waals surface area contributed by atoms with E-state index in [-0.39, 0.29) is 24.5 Å². The normalized spacial score (nSPS) is 29.9. The van der Waals surface area contributed by atoms with Crippen molar-refractivity contribution >= 4 is 0 Å². The average Bonchev–Trinajstić information content (AvgIpc) is 2.54. The summed E-state index contributed by atoms with van der Waals surface area (Å²) in [5, 5.41) is 19.6. The van der Waals surface area contributed by atoms with Gasteiger partial charge in [-0.05, 0) is 30.7 Å². The monoisotopic (exact) mass is 234 g/mol. The van der Waals surface area contributed by atoms with Crippen LogP contribution in [0.25, 0.3) is 0 Å². The van der Waals surface area contributed by atoms with Gasteiger partial charge in [-0.1, -0.05) is 43.2 Å². The van der Waals surface area contributed by atoms with Gasteiger partial charge in [-0.3, -0.25) is 0 Å². The molecule has 1 aliphatic rings. The van der Waals surface area contributed by atoms with E-state index in [0.717, 1.165) is 19.3 Å². The first-order valence-electron chi connectivity index (χ1n) is 6.67. The minimum absolute atomic E-state index is 0.184. The second-order valence-electron chi connectivity index (χ2n) is 5.06. The summed E-state index contributed by atoms with van der Waals surface area (Å²) in [5.41, 5.74) is 1.24. The summed E-state index contributed by atoms with van der Waals surface area (Å²) < 4.78 is 0. The van der Waals surface area contributed by atoms with Crippen molar-refractivity contribution in [3.63, 3.8) is 0 Å². The summed E-state index contributed by atoms with van der Waals surface area (Å²) in [6.45, 7) is 0.184. The predicted molar refractivity (Wildman–Crippen MR) is 68.9 cm³/mol. The maximum absolute atomic E-state index is 10.5. The number of benzene rings is 1. The van der Waals surface area contributed by atoms with Crippen LogP contribution in [0.3, 0.4) is 0 Å². The molecule has 1 saturated carbocycles. The van der Waals surface area contributed by atoms with E-state index < -0.39 is 0 Å². The largest absolute Gasteiger partial charge is 0.396 e. The molecule has 17 heavy (non-hydrogen) atoms. The van der Waals surface area contributed by atoms with E-state index in [1.165, 1.54) is 18.4 Å². The van der Waals surface area contributed by atoms with Crippen LogP contribution < -0.4 is 0 Å². The molecule has 1 fully saturated rings. The molecule has 1 aliphatic carbocycles. The fraction of sp³-hybridized carbons (Fsp3) is 0.600. The molecule has 0 aliphatic heterocycles. The van der Waals surface area contributed by atoms with E-state index in [9.17, 15) is 5.11 Å². The molecule has 1 aromatic carbocycles. The molecule has 3 atom stereocenters. The number of hydrogen-bond acceptors (Lipinski definition) is 2. The van der Waals surface area contributed by atoms with Gasteiger partial charge in [-0.15, -0.1) is 0 Å². The van der Waals surface area contributed by atoms with Crippen molar-refractivity contribution in [2.24, 2.45) is 5.92 Å². The lowest BCUT2D eigenvalue weighted by Crippen LogP contribution is -2.27. The molecule has 0 amide bonds. The van der Waals surface area contributed by atoms with Gasteiger partial charge >= 0.3 is 0 Å². The molecular formula is C15H22O2. The topological polar surface area (TPSA) is 40.5 Å². The highest BCUT2D eigenvalue weighted by Gasteiger charge is 2.30. The molecule has 3 unspecified atom stereocenters. The predicted octanol–water partition coefficient (Wildman–Crippen LogP) is 2.70. The Morgan fingerprint density at radius 1 is 1.06 bits per heavy atom. The standard InChI is InChI=1S/C15H22O2/c16-11-10-13-8-4-5-9-14(15(13)17)12-6-2-1-3-7-12/h1-3,6-7,13-17H,4-5,8-11H2. The van der Waals surface area contributed by atoms with Gasteiger partial charge in [-0.25, -0.2) is 0 Å². The Labute approximate surface area is 103 Å². The van der Waals surface area contributed by atoms with Crippen LogP contribution in [0.4, 0.5) is 0 Å². The van der Waals surface area contributed by atoms with Crippen LogP contribution in [0.1, 0.15) is 43.6 Å². The molecule has 0 saturated heterocycles. The molecule has 2 rings (SSSR count). The lowest BCUT2D eigenvalue weighted by atomic mass is 9.83. The van der Waals surface area contributed by atoms with Crippen LogP contribution in [0.5, 0.6) is 0 Å². The smallest absolute Gasteiger partial charge is 0.0637 e. The third-order valence-electron chi connectivity index (χ3n) is 3.96. The van der Waals surface area contributed by atoms with Crippen LogP contribution in [0, 0.1) is 5.92 Å². The van der Waals surface area contributed by atoms with Crippen molar-refractivity contribution in [2.45, 2.75) is 44.1 Å². The van der Waals surface area contributed by atoms with Gasteiger partial charge in [0.15, 0.2) is 0 Å². The number of aliphatic hydroxyl groups excluding tert-OH is 2. The van der Waals surface area contributed by atoms with E-state index in [1.807, 2.05) is 18.2 Å². The van der Waals surface area contributed by atoms with Crippen LogP contribution >= 0.6 is 0 Å². The molecule has 0 aromatic heterocycles. The Morgan fingerprint density at radius 3 is 2.47 bits per heavy atom. The molecule has 0 radical (unpaired) electrons. The highest BCUT2D eigenvalue weighted by molar-refractivity contribution is 5.21. The van der Waals surface area contributed by atoms with Gasteiger partial charge in [0, 0.05) is 12.5 Å². The summed E-state index contributed by atoms with van der Waals surface area (Å²) in [7, 11) is 0. The summed E-state index contributed by atoms with van der Waals surface area (Å²) >= 11 is 0. The molecule has 1 aromatic rings. The zero-order valence-electron chi connectivity index (χ0n) is 10.3. The Morgan fingerprint density at radius 2 is 1.76 bits per heavy atom. The van der Waals surface area contributed by atoms with Crippen molar-refractivity contribution in [3.8, 4) is 0 Å². The maximum atomic E-state index is 10.5. The highest BCUT2D eigenvalue weighted by atomic mass is 16.3. The van der Waals surface area contributed by atoms with Crippen molar-refractivity contribution in [2.75, 3.05) is 6.61 Å². The SMILES string of the molecule is OCCC1CCCCC(c2ccccc2)C1O. The van der Waals surface area contributed by atoms with Crippen LogP contribution in [0.15, 0.2) is 30.3 Å². The Balaban J connectivity index is 2.14. The Hall–Kier alpha value is -0.860. The number of aliphatic hydroxyl groups is 2. The van der Waals surface area contributed by atoms with E-state index in [4.69, 9.17) is 5.11 Å². The quantitative estimate of drug-likeness (QED) is 0.789. The fourth-order valence-corrected chi connectivity index (χ4v) is 2.99. The number of hydrogen-bond donors (Lipinski definition) is 2. The van der Waals surface area contributed by atoms with Crippen LogP contribution in [-0.4, -0.2) is 22.9 Å². The summed E-state index contributed by atoms with van der Waals surface area (Å²) in [5.74, 6) is 0.503. The third-order valence-corrected chi connectivity index (χ3v) is 3.96. The average molecular weight is 234 g/mol. The summed E-state index contributed by atoms with van der Waals surface area (Å²) in [6, 6.07) is 10.3. The van der Waals surface area contributed by atoms with Crippen molar-refractivity contribution in [3.05, 3.63) is 35.9 Å². The second-order valence-corrected chi connectivity index (χ2v) is 5.06. The van der Waals surface area contributed by atoms with Gasteiger partial charge < -0.3 is 10.2 Å². The minimum atomic E-state index is -0.299. The van der Waals surface area contributed by atoms with Crippen LogP contribution in [0.2, 0.25) is 0 Å². The molecule has 2 heteroatoms. The van der Waals surface area contributed by atoms with Crippen molar-refractivity contribution in [1.82, 2.24) is 0 Å². The van der Waals surface area contributed by atoms with E-state index in [2.05, 4.69) is 12.1 Å². The van der Waals surface area contributed by atoms with E-state index >= 15 is 0 Å². The molecular weight excluding hydrogens is 212 g/mol. The zero-order valence-corrected chi connectivity index (χ0v) is 10.3. The summed E-state index contributed by atoms with van der Waals surface area (Å²) in [4.78, 5) is 0. The summed E-state index contributed by atoms with van der Waals surface area (Å²) in [6.07, 6.45) is 4.89. The first-order valence-corrected chi connectivity index (χ1v) is 6.67. The lowest BCUT2D eigenvalue weighted by Gasteiger charge is -2.27. The Kier molecular flexibility index (Phi) is 4.57. The van der Waals surface area contributed by atoms with Gasteiger partial charge in [-0.2, -0.15) is 0 Å². The van der Waals surface area contributed by atoms with Crippen LogP contribution in [-0.2, 0) is 0 Å². The van der Waals surface area contributed by atoms with Gasteiger partial charge in [0.05, 0.1) is 6.10 Å². The van der Waals surface area contributed by atoms with Crippen molar-refractivity contribution < 1.29 is 10.2 Å². The number of rotatable bonds is 3.